The minimum atomic E-state index is 0.349. The van der Waals surface area contributed by atoms with Crippen molar-refractivity contribution in [3.05, 3.63) is 35.4 Å². The molecule has 0 saturated carbocycles. The van der Waals surface area contributed by atoms with Crippen LogP contribution in [-0.2, 0) is 11.2 Å². The molecule has 0 spiro atoms. The smallest absolute Gasteiger partial charge is 0.0827 e. The minimum Gasteiger partial charge on any atom is -0.374 e. The number of benzene rings is 1. The highest BCUT2D eigenvalue weighted by molar-refractivity contribution is 5.31. The van der Waals surface area contributed by atoms with Gasteiger partial charge in [0.2, 0.25) is 0 Å². The third-order valence-corrected chi connectivity index (χ3v) is 4.49. The van der Waals surface area contributed by atoms with E-state index < -0.39 is 0 Å². The van der Waals surface area contributed by atoms with Crippen molar-refractivity contribution in [3.63, 3.8) is 0 Å². The first-order chi connectivity index (χ1) is 9.43. The van der Waals surface area contributed by atoms with Crippen molar-refractivity contribution in [1.82, 2.24) is 5.32 Å². The first-order valence-corrected chi connectivity index (χ1v) is 7.86. The van der Waals surface area contributed by atoms with Crippen molar-refractivity contribution in [1.29, 1.82) is 0 Å². The van der Waals surface area contributed by atoms with Gasteiger partial charge in [-0.05, 0) is 62.6 Å². The minimum absolute atomic E-state index is 0.349. The fraction of sp³-hybridized carbons (Fsp3) is 0.647. The van der Waals surface area contributed by atoms with E-state index in [0.717, 1.165) is 12.6 Å². The molecule has 1 heterocycles. The lowest BCUT2D eigenvalue weighted by Gasteiger charge is -2.25. The highest BCUT2D eigenvalue weighted by Gasteiger charge is 2.20. The first kappa shape index (κ1) is 13.1. The Morgan fingerprint density at radius 2 is 2.11 bits per heavy atom. The van der Waals surface area contributed by atoms with Gasteiger partial charge in [0.1, 0.15) is 0 Å². The summed E-state index contributed by atoms with van der Waals surface area (Å²) in [6.45, 7) is 2.12. The van der Waals surface area contributed by atoms with Gasteiger partial charge < -0.3 is 10.1 Å². The molecule has 0 aromatic heterocycles. The summed E-state index contributed by atoms with van der Waals surface area (Å²) in [6, 6.07) is 9.54. The lowest BCUT2D eigenvalue weighted by atomic mass is 9.89. The Kier molecular flexibility index (Phi) is 4.52. The van der Waals surface area contributed by atoms with Crippen molar-refractivity contribution in [3.8, 4) is 0 Å². The molecule has 2 unspecified atom stereocenters. The largest absolute Gasteiger partial charge is 0.374 e. The SMILES string of the molecule is c1ccc2c(c1)CCCC2OCCCC1CCCN1. The van der Waals surface area contributed by atoms with Crippen LogP contribution in [0.3, 0.4) is 0 Å². The molecule has 1 fully saturated rings. The molecule has 2 aliphatic rings. The average Bonchev–Trinajstić information content (AvgIpc) is 2.97. The summed E-state index contributed by atoms with van der Waals surface area (Å²) < 4.78 is 6.14. The third kappa shape index (κ3) is 3.37. The van der Waals surface area contributed by atoms with Crippen LogP contribution < -0.4 is 5.32 Å². The molecule has 1 aliphatic heterocycles. The Morgan fingerprint density at radius 3 is 3.00 bits per heavy atom. The fourth-order valence-corrected chi connectivity index (χ4v) is 3.44. The Balaban J connectivity index is 1.45. The molecule has 104 valence electrons. The van der Waals surface area contributed by atoms with E-state index in [2.05, 4.69) is 29.6 Å². The van der Waals surface area contributed by atoms with Crippen molar-refractivity contribution in [2.24, 2.45) is 0 Å². The second kappa shape index (κ2) is 6.53. The summed E-state index contributed by atoms with van der Waals surface area (Å²) in [5, 5.41) is 3.56. The molecule has 19 heavy (non-hydrogen) atoms. The number of hydrogen-bond donors (Lipinski definition) is 1. The number of hydrogen-bond acceptors (Lipinski definition) is 2. The Morgan fingerprint density at radius 1 is 1.16 bits per heavy atom. The van der Waals surface area contributed by atoms with Crippen LogP contribution in [0.5, 0.6) is 0 Å². The van der Waals surface area contributed by atoms with E-state index in [1.165, 1.54) is 62.6 Å². The molecule has 0 amide bonds. The molecule has 2 nitrogen and oxygen atoms in total. The lowest BCUT2D eigenvalue weighted by molar-refractivity contribution is 0.0376. The molecule has 0 radical (unpaired) electrons. The number of ether oxygens (including phenoxy) is 1. The van der Waals surface area contributed by atoms with Crippen LogP contribution in [0.15, 0.2) is 24.3 Å². The zero-order valence-electron chi connectivity index (χ0n) is 11.7. The van der Waals surface area contributed by atoms with E-state index in [9.17, 15) is 0 Å². The van der Waals surface area contributed by atoms with Crippen molar-refractivity contribution in [2.75, 3.05) is 13.2 Å². The molecule has 1 aromatic carbocycles. The van der Waals surface area contributed by atoms with E-state index in [-0.39, 0.29) is 0 Å². The van der Waals surface area contributed by atoms with Crippen LogP contribution in [0.25, 0.3) is 0 Å². The number of rotatable bonds is 5. The van der Waals surface area contributed by atoms with E-state index in [4.69, 9.17) is 4.74 Å². The maximum absolute atomic E-state index is 6.14. The summed E-state index contributed by atoms with van der Waals surface area (Å²) >= 11 is 0. The van der Waals surface area contributed by atoms with Crippen LogP contribution in [0.1, 0.15) is 55.8 Å². The van der Waals surface area contributed by atoms with E-state index >= 15 is 0 Å². The van der Waals surface area contributed by atoms with Gasteiger partial charge in [-0.25, -0.2) is 0 Å². The molecule has 1 aromatic rings. The van der Waals surface area contributed by atoms with Crippen LogP contribution in [-0.4, -0.2) is 19.2 Å². The predicted molar refractivity (Wildman–Crippen MR) is 78.3 cm³/mol. The lowest BCUT2D eigenvalue weighted by Crippen LogP contribution is -2.21. The molecule has 1 N–H and O–H groups in total. The third-order valence-electron chi connectivity index (χ3n) is 4.49. The zero-order chi connectivity index (χ0) is 12.9. The Bertz CT molecular complexity index is 398. The number of nitrogens with one attached hydrogen (secondary N) is 1. The van der Waals surface area contributed by atoms with Crippen LogP contribution >= 0.6 is 0 Å². The molecular formula is C17H25NO. The zero-order valence-corrected chi connectivity index (χ0v) is 11.7. The fourth-order valence-electron chi connectivity index (χ4n) is 3.44. The first-order valence-electron chi connectivity index (χ1n) is 7.86. The van der Waals surface area contributed by atoms with Gasteiger partial charge in [-0.3, -0.25) is 0 Å². The van der Waals surface area contributed by atoms with Crippen LogP contribution in [0.4, 0.5) is 0 Å². The molecule has 3 rings (SSSR count). The van der Waals surface area contributed by atoms with Gasteiger partial charge in [0.25, 0.3) is 0 Å². The second-order valence-electron chi connectivity index (χ2n) is 5.89. The second-order valence-corrected chi connectivity index (χ2v) is 5.89. The maximum atomic E-state index is 6.14. The molecular weight excluding hydrogens is 234 g/mol. The standard InChI is InChI=1S/C17H25NO/c1-2-10-16-14(6-1)7-3-11-17(16)19-13-5-9-15-8-4-12-18-15/h1-2,6,10,15,17-18H,3-5,7-9,11-13H2. The van der Waals surface area contributed by atoms with Crippen molar-refractivity contribution in [2.45, 2.75) is 57.1 Å². The summed E-state index contributed by atoms with van der Waals surface area (Å²) in [5.41, 5.74) is 2.93. The summed E-state index contributed by atoms with van der Waals surface area (Å²) in [4.78, 5) is 0. The Labute approximate surface area is 116 Å². The van der Waals surface area contributed by atoms with Gasteiger partial charge in [-0.1, -0.05) is 24.3 Å². The van der Waals surface area contributed by atoms with Crippen molar-refractivity contribution >= 4 is 0 Å². The van der Waals surface area contributed by atoms with Crippen molar-refractivity contribution < 1.29 is 4.74 Å². The van der Waals surface area contributed by atoms with Gasteiger partial charge in [-0.15, -0.1) is 0 Å². The van der Waals surface area contributed by atoms with E-state index in [0.29, 0.717) is 6.10 Å². The van der Waals surface area contributed by atoms with Gasteiger partial charge in [0, 0.05) is 12.6 Å². The molecule has 2 atom stereocenters. The highest BCUT2D eigenvalue weighted by atomic mass is 16.5. The number of fused-ring (bicyclic) bond motifs is 1. The predicted octanol–water partition coefficient (Wildman–Crippen LogP) is 3.61. The summed E-state index contributed by atoms with van der Waals surface area (Å²) in [5.74, 6) is 0. The molecule has 0 bridgehead atoms. The highest BCUT2D eigenvalue weighted by Crippen LogP contribution is 2.32. The van der Waals surface area contributed by atoms with Crippen LogP contribution in [0.2, 0.25) is 0 Å². The molecule has 1 saturated heterocycles. The summed E-state index contributed by atoms with van der Waals surface area (Å²) in [7, 11) is 0. The summed E-state index contributed by atoms with van der Waals surface area (Å²) in [6.07, 6.45) is 9.20. The van der Waals surface area contributed by atoms with E-state index in [1.807, 2.05) is 0 Å². The normalized spacial score (nSPS) is 26.3. The number of aryl methyl sites for hydroxylation is 1. The van der Waals surface area contributed by atoms with Gasteiger partial charge in [-0.2, -0.15) is 0 Å². The van der Waals surface area contributed by atoms with Gasteiger partial charge in [0.15, 0.2) is 0 Å². The average molecular weight is 259 g/mol. The van der Waals surface area contributed by atoms with Crippen LogP contribution in [0, 0.1) is 0 Å². The maximum Gasteiger partial charge on any atom is 0.0827 e. The van der Waals surface area contributed by atoms with E-state index in [1.54, 1.807) is 0 Å². The topological polar surface area (TPSA) is 21.3 Å². The van der Waals surface area contributed by atoms with Gasteiger partial charge in [0.05, 0.1) is 6.10 Å². The Hall–Kier alpha value is -0.860. The quantitative estimate of drug-likeness (QED) is 0.816. The monoisotopic (exact) mass is 259 g/mol. The molecule has 2 heteroatoms. The molecule has 1 aliphatic carbocycles. The van der Waals surface area contributed by atoms with Gasteiger partial charge >= 0.3 is 0 Å².